The molecular weight excluding hydrogens is 534 g/mol. The molecule has 2 N–H and O–H groups in total. The molecule has 0 unspecified atom stereocenters. The summed E-state index contributed by atoms with van der Waals surface area (Å²) in [5.74, 6) is -1.88. The molecule has 7 nitrogen and oxygen atoms in total. The van der Waals surface area contributed by atoms with Crippen molar-refractivity contribution >= 4 is 34.0 Å². The second-order valence-electron chi connectivity index (χ2n) is 9.93. The number of anilines is 2. The number of aryl methyl sites for hydroxylation is 1. The highest BCUT2D eigenvalue weighted by Crippen LogP contribution is 2.37. The van der Waals surface area contributed by atoms with Crippen LogP contribution in [0.5, 0.6) is 0 Å². The smallest absolute Gasteiger partial charge is 0.369 e. The summed E-state index contributed by atoms with van der Waals surface area (Å²) in [4.78, 5) is 33.2. The molecule has 208 valence electrons. The summed E-state index contributed by atoms with van der Waals surface area (Å²) < 4.78 is 54.6. The van der Waals surface area contributed by atoms with E-state index in [2.05, 4.69) is 20.5 Å². The van der Waals surface area contributed by atoms with Crippen LogP contribution in [-0.4, -0.2) is 53.4 Å². The topological polar surface area (TPSA) is 77.6 Å². The van der Waals surface area contributed by atoms with Gasteiger partial charge in [0, 0.05) is 44.0 Å². The predicted octanol–water partition coefficient (Wildman–Crippen LogP) is 5.08. The summed E-state index contributed by atoms with van der Waals surface area (Å²) in [5, 5.41) is 4.73. The molecule has 1 fully saturated rings. The molecule has 0 spiro atoms. The van der Waals surface area contributed by atoms with Gasteiger partial charge in [0.2, 0.25) is 0 Å². The number of hydrogen-bond donors (Lipinski definition) is 2. The van der Waals surface area contributed by atoms with Crippen molar-refractivity contribution < 1.29 is 27.2 Å². The van der Waals surface area contributed by atoms with Crippen LogP contribution in [0.3, 0.4) is 0 Å². The van der Waals surface area contributed by atoms with E-state index in [0.717, 1.165) is 34.7 Å². The largest absolute Gasteiger partial charge is 0.434 e. The zero-order chi connectivity index (χ0) is 28.4. The van der Waals surface area contributed by atoms with E-state index in [1.165, 1.54) is 26.0 Å². The van der Waals surface area contributed by atoms with Crippen molar-refractivity contribution in [1.29, 1.82) is 0 Å². The zero-order valence-corrected chi connectivity index (χ0v) is 22.5. The number of aromatic nitrogens is 1. The third-order valence-corrected chi connectivity index (χ3v) is 7.38. The molecule has 0 bridgehead atoms. The lowest BCUT2D eigenvalue weighted by Gasteiger charge is -2.36. The molecule has 1 aromatic heterocycles. The maximum absolute atomic E-state index is 13.8. The summed E-state index contributed by atoms with van der Waals surface area (Å²) in [6.45, 7) is 7.39. The van der Waals surface area contributed by atoms with E-state index in [9.17, 15) is 27.2 Å². The molecule has 0 saturated carbocycles. The Morgan fingerprint density at radius 3 is 2.18 bits per heavy atom. The first kappa shape index (κ1) is 28.5. The number of nitrogens with zero attached hydrogens (tertiary/aromatic N) is 3. The monoisotopic (exact) mass is 563 g/mol. The first-order valence-corrected chi connectivity index (χ1v) is 13.1. The van der Waals surface area contributed by atoms with Gasteiger partial charge in [-0.1, -0.05) is 29.0 Å². The maximum atomic E-state index is 13.8. The first-order valence-electron chi connectivity index (χ1n) is 12.3. The number of piperazine rings is 1. The third kappa shape index (κ3) is 7.12. The molecule has 1 saturated heterocycles. The Balaban J connectivity index is 1.41. The van der Waals surface area contributed by atoms with E-state index >= 15 is 0 Å². The third-order valence-electron chi connectivity index (χ3n) is 6.43. The quantitative estimate of drug-likeness (QED) is 0.392. The number of carbonyl (C=O) groups excluding carboxylic acids is 2. The van der Waals surface area contributed by atoms with Gasteiger partial charge in [-0.2, -0.15) is 13.2 Å². The van der Waals surface area contributed by atoms with E-state index < -0.39 is 35.0 Å². The van der Waals surface area contributed by atoms with Crippen LogP contribution in [0.1, 0.15) is 40.3 Å². The highest BCUT2D eigenvalue weighted by atomic mass is 32.1. The van der Waals surface area contributed by atoms with Crippen LogP contribution < -0.4 is 15.5 Å². The number of amides is 2. The molecule has 2 heterocycles. The minimum atomic E-state index is -4.69. The molecule has 12 heteroatoms. The van der Waals surface area contributed by atoms with Crippen molar-refractivity contribution in [2.45, 2.75) is 39.0 Å². The van der Waals surface area contributed by atoms with Gasteiger partial charge in [-0.15, -0.1) is 0 Å². The van der Waals surface area contributed by atoms with Crippen LogP contribution in [0.4, 0.5) is 28.4 Å². The van der Waals surface area contributed by atoms with Crippen LogP contribution >= 0.6 is 11.3 Å². The van der Waals surface area contributed by atoms with Crippen molar-refractivity contribution in [3.63, 3.8) is 0 Å². The first-order chi connectivity index (χ1) is 18.3. The number of nitrogens with one attached hydrogen (secondary N) is 2. The number of benzene rings is 2. The number of thiazole rings is 1. The lowest BCUT2D eigenvalue weighted by atomic mass is 10.0. The lowest BCUT2D eigenvalue weighted by Crippen LogP contribution is -2.52. The molecule has 2 aromatic carbocycles. The minimum absolute atomic E-state index is 0.00902. The second kappa shape index (κ2) is 11.3. The number of carbonyl (C=O) groups is 2. The Labute approximate surface area is 227 Å². The Morgan fingerprint density at radius 2 is 1.59 bits per heavy atom. The average Bonchev–Trinajstić information content (AvgIpc) is 3.28. The van der Waals surface area contributed by atoms with Crippen LogP contribution in [0.15, 0.2) is 48.5 Å². The molecular formula is C27H29F4N5O2S. The van der Waals surface area contributed by atoms with Gasteiger partial charge in [-0.25, -0.2) is 9.37 Å². The maximum Gasteiger partial charge on any atom is 0.434 e. The summed E-state index contributed by atoms with van der Waals surface area (Å²) in [6, 6.07) is 12.9. The summed E-state index contributed by atoms with van der Waals surface area (Å²) >= 11 is 0.767. The van der Waals surface area contributed by atoms with E-state index in [-0.39, 0.29) is 22.1 Å². The van der Waals surface area contributed by atoms with Crippen molar-refractivity contribution in [2.75, 3.05) is 36.4 Å². The molecule has 0 radical (unpaired) electrons. The van der Waals surface area contributed by atoms with Crippen LogP contribution in [0.2, 0.25) is 0 Å². The van der Waals surface area contributed by atoms with E-state index in [1.807, 2.05) is 36.1 Å². The van der Waals surface area contributed by atoms with Crippen molar-refractivity contribution in [3.05, 3.63) is 76.0 Å². The summed E-state index contributed by atoms with van der Waals surface area (Å²) in [7, 11) is 0. The summed E-state index contributed by atoms with van der Waals surface area (Å²) in [6.07, 6.45) is -4.69. The van der Waals surface area contributed by atoms with Crippen LogP contribution in [-0.2, 0) is 17.5 Å². The minimum Gasteiger partial charge on any atom is -0.369 e. The molecule has 1 aliphatic heterocycles. The van der Waals surface area contributed by atoms with Gasteiger partial charge in [0.15, 0.2) is 10.8 Å². The molecule has 2 amide bonds. The fourth-order valence-electron chi connectivity index (χ4n) is 4.12. The normalized spacial score (nSPS) is 14.8. The molecule has 3 aromatic rings. The SMILES string of the molecule is Cc1ccc(N2CCN(Cc3sc(NC(=O)C(C)(C)NC(=O)c4ccc(F)cc4)nc3C(F)(F)F)CC2)cc1. The Bertz CT molecular complexity index is 1320. The highest BCUT2D eigenvalue weighted by molar-refractivity contribution is 7.15. The number of hydrogen-bond acceptors (Lipinski definition) is 6. The average molecular weight is 564 g/mol. The van der Waals surface area contributed by atoms with Gasteiger partial charge < -0.3 is 10.2 Å². The number of alkyl halides is 3. The molecule has 1 aliphatic rings. The van der Waals surface area contributed by atoms with E-state index in [4.69, 9.17) is 0 Å². The lowest BCUT2D eigenvalue weighted by molar-refractivity contribution is -0.141. The Hall–Kier alpha value is -3.51. The summed E-state index contributed by atoms with van der Waals surface area (Å²) in [5.41, 5.74) is -0.147. The zero-order valence-electron chi connectivity index (χ0n) is 21.7. The molecule has 39 heavy (non-hydrogen) atoms. The van der Waals surface area contributed by atoms with Crippen LogP contribution in [0.25, 0.3) is 0 Å². The van der Waals surface area contributed by atoms with Crippen molar-refractivity contribution in [3.8, 4) is 0 Å². The van der Waals surface area contributed by atoms with E-state index in [0.29, 0.717) is 26.2 Å². The molecule has 0 atom stereocenters. The fraction of sp³-hybridized carbons (Fsp3) is 0.370. The second-order valence-corrected chi connectivity index (χ2v) is 11.0. The number of rotatable bonds is 7. The van der Waals surface area contributed by atoms with Crippen molar-refractivity contribution in [1.82, 2.24) is 15.2 Å². The number of halogens is 4. The van der Waals surface area contributed by atoms with Crippen molar-refractivity contribution in [2.24, 2.45) is 0 Å². The van der Waals surface area contributed by atoms with Gasteiger partial charge in [-0.3, -0.25) is 19.8 Å². The Morgan fingerprint density at radius 1 is 0.974 bits per heavy atom. The van der Waals surface area contributed by atoms with E-state index in [1.54, 1.807) is 0 Å². The fourth-order valence-corrected chi connectivity index (χ4v) is 5.14. The van der Waals surface area contributed by atoms with Gasteiger partial charge in [0.1, 0.15) is 11.4 Å². The van der Waals surface area contributed by atoms with Gasteiger partial charge in [-0.05, 0) is 57.2 Å². The molecule has 4 rings (SSSR count). The van der Waals surface area contributed by atoms with Crippen LogP contribution in [0, 0.1) is 12.7 Å². The highest BCUT2D eigenvalue weighted by Gasteiger charge is 2.39. The predicted molar refractivity (Wildman–Crippen MR) is 142 cm³/mol. The van der Waals surface area contributed by atoms with Gasteiger partial charge in [0.25, 0.3) is 11.8 Å². The standard InChI is InChI=1S/C27H29F4N5O2S/c1-17-4-10-20(11-5-17)36-14-12-35(13-15-36)16-21-22(27(29,30)31)32-25(39-21)33-24(38)26(2,3)34-23(37)18-6-8-19(28)9-7-18/h4-11H,12-16H2,1-3H3,(H,34,37)(H,32,33,38). The molecule has 0 aliphatic carbocycles. The van der Waals surface area contributed by atoms with Gasteiger partial charge in [0.05, 0.1) is 4.88 Å². The Kier molecular flexibility index (Phi) is 8.26. The van der Waals surface area contributed by atoms with Gasteiger partial charge >= 0.3 is 6.18 Å².